The number of carbonyl (C=O) groups is 4. The minimum atomic E-state index is -1.40. The number of aliphatic hydroxyl groups is 1. The quantitative estimate of drug-likeness (QED) is 0.140. The summed E-state index contributed by atoms with van der Waals surface area (Å²) in [6, 6.07) is 19.2. The largest absolute Gasteiger partial charge is 0.497 e. The second kappa shape index (κ2) is 15.6. The number of hydrogen-bond acceptors (Lipinski definition) is 8. The van der Waals surface area contributed by atoms with Crippen molar-refractivity contribution in [3.05, 3.63) is 103 Å². The number of urea groups is 1. The summed E-state index contributed by atoms with van der Waals surface area (Å²) in [5.41, 5.74) is 3.04. The number of nitrogens with zero attached hydrogens (tertiary/aromatic N) is 2. The number of fused-ring (bicyclic) bond motifs is 2. The van der Waals surface area contributed by atoms with Gasteiger partial charge in [0.1, 0.15) is 35.7 Å². The second-order valence-electron chi connectivity index (χ2n) is 14.7. The van der Waals surface area contributed by atoms with Crippen LogP contribution in [0.5, 0.6) is 11.5 Å². The molecule has 2 heterocycles. The van der Waals surface area contributed by atoms with E-state index in [1.807, 2.05) is 60.7 Å². The van der Waals surface area contributed by atoms with E-state index in [-0.39, 0.29) is 13.0 Å². The van der Waals surface area contributed by atoms with Gasteiger partial charge in [-0.2, -0.15) is 0 Å². The van der Waals surface area contributed by atoms with Crippen molar-refractivity contribution in [1.29, 1.82) is 0 Å². The predicted molar refractivity (Wildman–Crippen MR) is 202 cm³/mol. The van der Waals surface area contributed by atoms with Crippen molar-refractivity contribution in [2.45, 2.75) is 70.0 Å². The Labute approximate surface area is 313 Å². The van der Waals surface area contributed by atoms with Crippen LogP contribution in [0, 0.1) is 5.41 Å². The lowest BCUT2D eigenvalue weighted by Crippen LogP contribution is -2.59. The standard InChI is InChI=1S/C41H45N5O8/c1-6-29(39(50)51)43-37(48)32-20-26(54-34-21-30(23-12-8-7-9-13-23)42-31-19-25(53-5)16-17-28(31)34)22-46(32)40(52)45-36(41(2,3)4)38(49)44-35-27-15-11-10-14-24(27)18-33(35)47/h6-17,19,21,26,29,32-33,35-36,47H,1,18,20,22H2,2-5H3,(H,43,48)(H,44,49)(H,45,52)(H,50,51)/t26-,29+,32+,33-,35+,36-/m1/s1. The number of benzene rings is 3. The normalized spacial score (nSPS) is 20.4. The zero-order valence-corrected chi connectivity index (χ0v) is 30.6. The zero-order chi connectivity index (χ0) is 38.7. The summed E-state index contributed by atoms with van der Waals surface area (Å²) in [5.74, 6) is -1.47. The van der Waals surface area contributed by atoms with Crippen LogP contribution in [0.15, 0.2) is 91.5 Å². The third kappa shape index (κ3) is 8.01. The zero-order valence-electron chi connectivity index (χ0n) is 30.6. The summed E-state index contributed by atoms with van der Waals surface area (Å²) in [4.78, 5) is 59.8. The Morgan fingerprint density at radius 1 is 1.00 bits per heavy atom. The molecule has 13 heteroatoms. The first-order valence-electron chi connectivity index (χ1n) is 17.8. The third-order valence-electron chi connectivity index (χ3n) is 9.87. The van der Waals surface area contributed by atoms with Gasteiger partial charge in [0.2, 0.25) is 11.8 Å². The predicted octanol–water partition coefficient (Wildman–Crippen LogP) is 4.39. The van der Waals surface area contributed by atoms with Crippen LogP contribution in [-0.4, -0.2) is 87.9 Å². The molecule has 2 aliphatic rings. The fraction of sp³-hybridized carbons (Fsp3) is 0.341. The molecular formula is C41H45N5O8. The molecule has 0 unspecified atom stereocenters. The third-order valence-corrected chi connectivity index (χ3v) is 9.87. The van der Waals surface area contributed by atoms with E-state index in [9.17, 15) is 29.4 Å². The summed E-state index contributed by atoms with van der Waals surface area (Å²) in [7, 11) is 1.56. The first-order valence-corrected chi connectivity index (χ1v) is 17.8. The maximum atomic E-state index is 14.2. The topological polar surface area (TPSA) is 179 Å². The van der Waals surface area contributed by atoms with Crippen molar-refractivity contribution in [2.24, 2.45) is 5.41 Å². The van der Waals surface area contributed by atoms with Crippen molar-refractivity contribution in [2.75, 3.05) is 13.7 Å². The molecule has 6 atom stereocenters. The molecule has 54 heavy (non-hydrogen) atoms. The molecule has 0 spiro atoms. The number of likely N-dealkylation sites (tertiary alicyclic amines) is 1. The van der Waals surface area contributed by atoms with Crippen molar-refractivity contribution >= 4 is 34.7 Å². The number of amides is 4. The van der Waals surface area contributed by atoms with Crippen LogP contribution in [0.2, 0.25) is 0 Å². The number of hydrogen-bond donors (Lipinski definition) is 5. The Hall–Kier alpha value is -5.95. The number of aliphatic carboxylic acids is 1. The van der Waals surface area contributed by atoms with Gasteiger partial charge in [-0.15, -0.1) is 6.58 Å². The van der Waals surface area contributed by atoms with Crippen LogP contribution < -0.4 is 25.4 Å². The first kappa shape index (κ1) is 37.8. The molecule has 4 amide bonds. The van der Waals surface area contributed by atoms with E-state index in [0.29, 0.717) is 34.5 Å². The van der Waals surface area contributed by atoms with Crippen molar-refractivity contribution in [3.63, 3.8) is 0 Å². The van der Waals surface area contributed by atoms with E-state index in [0.717, 1.165) is 22.8 Å². The van der Waals surface area contributed by atoms with Crippen LogP contribution in [0.1, 0.15) is 44.4 Å². The van der Waals surface area contributed by atoms with Crippen LogP contribution >= 0.6 is 0 Å². The molecule has 0 saturated carbocycles. The number of aromatic nitrogens is 1. The van der Waals surface area contributed by atoms with Gasteiger partial charge in [0.05, 0.1) is 37.0 Å². The Balaban J connectivity index is 1.29. The highest BCUT2D eigenvalue weighted by molar-refractivity contribution is 5.93. The van der Waals surface area contributed by atoms with E-state index >= 15 is 0 Å². The molecule has 6 rings (SSSR count). The van der Waals surface area contributed by atoms with Crippen LogP contribution in [0.3, 0.4) is 0 Å². The molecule has 13 nitrogen and oxygen atoms in total. The SMILES string of the molecule is C=C[C@H](NC(=O)[C@@H]1C[C@@H](Oc2cc(-c3ccccc3)nc3cc(OC)ccc23)CN1C(=O)N[C@H](C(=O)N[C@H]1c2ccccc2C[C@H]1O)C(C)(C)C)C(=O)O. The highest BCUT2D eigenvalue weighted by atomic mass is 16.5. The number of pyridine rings is 1. The smallest absolute Gasteiger partial charge is 0.330 e. The average Bonchev–Trinajstić information content (AvgIpc) is 3.72. The second-order valence-corrected chi connectivity index (χ2v) is 14.7. The van der Waals surface area contributed by atoms with Gasteiger partial charge in [0, 0.05) is 35.9 Å². The number of ether oxygens (including phenoxy) is 2. The van der Waals surface area contributed by atoms with Gasteiger partial charge < -0.3 is 40.5 Å². The Morgan fingerprint density at radius 2 is 1.72 bits per heavy atom. The molecule has 5 N–H and O–H groups in total. The molecule has 1 aromatic heterocycles. The van der Waals surface area contributed by atoms with Gasteiger partial charge in [-0.1, -0.05) is 81.4 Å². The number of aliphatic hydroxyl groups excluding tert-OH is 1. The fourth-order valence-electron chi connectivity index (χ4n) is 7.03. The lowest BCUT2D eigenvalue weighted by atomic mass is 9.86. The minimum absolute atomic E-state index is 0.0147. The number of carboxylic acids is 1. The molecule has 282 valence electrons. The molecule has 0 radical (unpaired) electrons. The summed E-state index contributed by atoms with van der Waals surface area (Å²) in [6.07, 6.45) is -0.0738. The van der Waals surface area contributed by atoms with Gasteiger partial charge in [-0.05, 0) is 28.7 Å². The fourth-order valence-corrected chi connectivity index (χ4v) is 7.03. The highest BCUT2D eigenvalue weighted by Crippen LogP contribution is 2.35. The van der Waals surface area contributed by atoms with Crippen LogP contribution in [-0.2, 0) is 20.8 Å². The van der Waals surface area contributed by atoms with Gasteiger partial charge in [0.15, 0.2) is 0 Å². The summed E-state index contributed by atoms with van der Waals surface area (Å²) in [5, 5.41) is 29.4. The molecule has 1 aliphatic carbocycles. The summed E-state index contributed by atoms with van der Waals surface area (Å²) in [6.45, 7) is 8.85. The number of methoxy groups -OCH3 is 1. The minimum Gasteiger partial charge on any atom is -0.497 e. The molecule has 1 fully saturated rings. The molecule has 4 aromatic rings. The Morgan fingerprint density at radius 3 is 2.41 bits per heavy atom. The number of carbonyl (C=O) groups excluding carboxylic acids is 3. The molecule has 3 aromatic carbocycles. The number of nitrogens with one attached hydrogen (secondary N) is 3. The van der Waals surface area contributed by atoms with Gasteiger partial charge in [-0.3, -0.25) is 9.59 Å². The molecule has 0 bridgehead atoms. The van der Waals surface area contributed by atoms with Gasteiger partial charge >= 0.3 is 12.0 Å². The van der Waals surface area contributed by atoms with E-state index in [1.165, 1.54) is 4.90 Å². The van der Waals surface area contributed by atoms with Gasteiger partial charge in [-0.25, -0.2) is 14.6 Å². The molecule has 1 aliphatic heterocycles. The molecule has 1 saturated heterocycles. The molecular weight excluding hydrogens is 690 g/mol. The highest BCUT2D eigenvalue weighted by Gasteiger charge is 2.44. The van der Waals surface area contributed by atoms with Gasteiger partial charge in [0.25, 0.3) is 0 Å². The number of rotatable bonds is 11. The van der Waals surface area contributed by atoms with Crippen LogP contribution in [0.4, 0.5) is 4.79 Å². The summed E-state index contributed by atoms with van der Waals surface area (Å²) < 4.78 is 12.0. The van der Waals surface area contributed by atoms with Crippen LogP contribution in [0.25, 0.3) is 22.2 Å². The summed E-state index contributed by atoms with van der Waals surface area (Å²) >= 11 is 0. The lowest BCUT2D eigenvalue weighted by Gasteiger charge is -2.34. The van der Waals surface area contributed by atoms with E-state index in [4.69, 9.17) is 14.5 Å². The Kier molecular flexibility index (Phi) is 10.9. The Bertz CT molecular complexity index is 2070. The first-order chi connectivity index (χ1) is 25.8. The van der Waals surface area contributed by atoms with E-state index in [2.05, 4.69) is 22.5 Å². The van der Waals surface area contributed by atoms with Crippen molar-refractivity contribution < 1.29 is 38.9 Å². The van der Waals surface area contributed by atoms with Crippen molar-refractivity contribution in [1.82, 2.24) is 25.8 Å². The average molecular weight is 736 g/mol. The monoisotopic (exact) mass is 735 g/mol. The number of carboxylic acid groups (broad SMARTS) is 1. The lowest BCUT2D eigenvalue weighted by molar-refractivity contribution is -0.141. The maximum Gasteiger partial charge on any atom is 0.330 e. The van der Waals surface area contributed by atoms with E-state index < -0.39 is 65.6 Å². The maximum absolute atomic E-state index is 14.2. The van der Waals surface area contributed by atoms with E-state index in [1.54, 1.807) is 46.1 Å². The van der Waals surface area contributed by atoms with Crippen molar-refractivity contribution in [3.8, 4) is 22.8 Å².